The number of carbonyl (C=O) groups excluding carboxylic acids is 1. The van der Waals surface area contributed by atoms with E-state index in [0.29, 0.717) is 16.4 Å². The number of benzene rings is 1. The lowest BCUT2D eigenvalue weighted by Gasteiger charge is -2.20. The standard InChI is InChI=1S/C15H21N3O2S/c1-2-21-13-5-3-4-12(13)17-15(19)11-8-6-10(7-9-11)14(16)18-20/h6-9,12-13,20H,2-5H2,1H3,(H2,16,18)(H,17,19). The first-order valence-corrected chi connectivity index (χ1v) is 8.21. The number of nitrogens with two attached hydrogens (primary N) is 1. The molecule has 1 amide bonds. The highest BCUT2D eigenvalue weighted by atomic mass is 32.2. The minimum absolute atomic E-state index is 0.0390. The topological polar surface area (TPSA) is 87.7 Å². The van der Waals surface area contributed by atoms with Gasteiger partial charge in [0.1, 0.15) is 0 Å². The van der Waals surface area contributed by atoms with Crippen LogP contribution < -0.4 is 11.1 Å². The summed E-state index contributed by atoms with van der Waals surface area (Å²) in [6.07, 6.45) is 3.39. The molecule has 1 aliphatic carbocycles. The zero-order valence-corrected chi connectivity index (χ0v) is 12.9. The maximum absolute atomic E-state index is 12.3. The maximum Gasteiger partial charge on any atom is 0.251 e. The summed E-state index contributed by atoms with van der Waals surface area (Å²) in [6.45, 7) is 2.15. The van der Waals surface area contributed by atoms with Crippen LogP contribution in [0.15, 0.2) is 29.4 Å². The summed E-state index contributed by atoms with van der Waals surface area (Å²) >= 11 is 1.92. The largest absolute Gasteiger partial charge is 0.409 e. The molecule has 1 fully saturated rings. The van der Waals surface area contributed by atoms with Gasteiger partial charge in [0.15, 0.2) is 5.84 Å². The van der Waals surface area contributed by atoms with Crippen molar-refractivity contribution in [3.05, 3.63) is 35.4 Å². The van der Waals surface area contributed by atoms with Gasteiger partial charge in [0, 0.05) is 22.4 Å². The number of thioether (sulfide) groups is 1. The Morgan fingerprint density at radius 1 is 1.38 bits per heavy atom. The summed E-state index contributed by atoms with van der Waals surface area (Å²) in [4.78, 5) is 12.3. The van der Waals surface area contributed by atoms with E-state index in [0.717, 1.165) is 12.2 Å². The van der Waals surface area contributed by atoms with Gasteiger partial charge in [0.05, 0.1) is 0 Å². The Balaban J connectivity index is 2.00. The maximum atomic E-state index is 12.3. The second kappa shape index (κ2) is 7.36. The molecule has 1 aromatic rings. The van der Waals surface area contributed by atoms with Gasteiger partial charge in [-0.05, 0) is 30.7 Å². The zero-order valence-electron chi connectivity index (χ0n) is 12.1. The molecule has 114 valence electrons. The van der Waals surface area contributed by atoms with Gasteiger partial charge in [-0.15, -0.1) is 0 Å². The lowest BCUT2D eigenvalue weighted by molar-refractivity contribution is 0.0938. The number of amides is 1. The molecule has 0 bridgehead atoms. The number of rotatable bonds is 5. The van der Waals surface area contributed by atoms with Crippen LogP contribution in [-0.2, 0) is 0 Å². The van der Waals surface area contributed by atoms with E-state index in [1.165, 1.54) is 12.8 Å². The van der Waals surface area contributed by atoms with Crippen LogP contribution in [0.4, 0.5) is 0 Å². The van der Waals surface area contributed by atoms with E-state index in [2.05, 4.69) is 17.4 Å². The number of oxime groups is 1. The SMILES string of the molecule is CCSC1CCCC1NC(=O)c1ccc(/C(N)=N/O)cc1. The molecule has 5 nitrogen and oxygen atoms in total. The number of amidine groups is 1. The quantitative estimate of drug-likeness (QED) is 0.337. The van der Waals surface area contributed by atoms with E-state index < -0.39 is 0 Å². The van der Waals surface area contributed by atoms with E-state index in [1.807, 2.05) is 11.8 Å². The molecule has 1 aliphatic rings. The van der Waals surface area contributed by atoms with Gasteiger partial charge < -0.3 is 16.3 Å². The Morgan fingerprint density at radius 3 is 2.67 bits per heavy atom. The molecule has 2 unspecified atom stereocenters. The summed E-state index contributed by atoms with van der Waals surface area (Å²) in [5, 5.41) is 15.2. The fraction of sp³-hybridized carbons (Fsp3) is 0.467. The monoisotopic (exact) mass is 307 g/mol. The number of nitrogens with one attached hydrogen (secondary N) is 1. The summed E-state index contributed by atoms with van der Waals surface area (Å²) in [5.74, 6) is 1.05. The molecule has 0 radical (unpaired) electrons. The van der Waals surface area contributed by atoms with E-state index in [-0.39, 0.29) is 17.8 Å². The molecule has 0 spiro atoms. The van der Waals surface area contributed by atoms with Crippen LogP contribution in [0.5, 0.6) is 0 Å². The van der Waals surface area contributed by atoms with Crippen LogP contribution in [0.25, 0.3) is 0 Å². The molecule has 0 saturated heterocycles. The number of hydrogen-bond acceptors (Lipinski definition) is 4. The Bertz CT molecular complexity index is 516. The Kier molecular flexibility index (Phi) is 5.50. The predicted octanol–water partition coefficient (Wildman–Crippen LogP) is 2.19. The zero-order chi connectivity index (χ0) is 15.2. The number of carbonyl (C=O) groups is 1. The lowest BCUT2D eigenvalue weighted by atomic mass is 10.1. The van der Waals surface area contributed by atoms with Crippen LogP contribution in [0, 0.1) is 0 Å². The summed E-state index contributed by atoms with van der Waals surface area (Å²) in [7, 11) is 0. The van der Waals surface area contributed by atoms with Crippen molar-refractivity contribution in [2.75, 3.05) is 5.75 Å². The van der Waals surface area contributed by atoms with Crippen molar-refractivity contribution in [3.8, 4) is 0 Å². The Morgan fingerprint density at radius 2 is 2.05 bits per heavy atom. The molecular weight excluding hydrogens is 286 g/mol. The molecule has 21 heavy (non-hydrogen) atoms. The van der Waals surface area contributed by atoms with Crippen LogP contribution in [0.2, 0.25) is 0 Å². The van der Waals surface area contributed by atoms with Crippen molar-refractivity contribution in [1.29, 1.82) is 0 Å². The van der Waals surface area contributed by atoms with Gasteiger partial charge in [-0.25, -0.2) is 0 Å². The second-order valence-electron chi connectivity index (χ2n) is 5.07. The first-order chi connectivity index (χ1) is 10.2. The molecule has 2 rings (SSSR count). The molecule has 0 aliphatic heterocycles. The smallest absolute Gasteiger partial charge is 0.251 e. The van der Waals surface area contributed by atoms with Crippen molar-refractivity contribution >= 4 is 23.5 Å². The molecule has 6 heteroatoms. The van der Waals surface area contributed by atoms with Crippen LogP contribution >= 0.6 is 11.8 Å². The fourth-order valence-corrected chi connectivity index (χ4v) is 3.80. The van der Waals surface area contributed by atoms with Crippen molar-refractivity contribution in [2.24, 2.45) is 10.9 Å². The van der Waals surface area contributed by atoms with Crippen molar-refractivity contribution < 1.29 is 10.0 Å². The third-order valence-electron chi connectivity index (χ3n) is 3.70. The average Bonchev–Trinajstić information content (AvgIpc) is 2.94. The van der Waals surface area contributed by atoms with E-state index in [9.17, 15) is 4.79 Å². The summed E-state index contributed by atoms with van der Waals surface area (Å²) < 4.78 is 0. The van der Waals surface area contributed by atoms with Gasteiger partial charge in [-0.1, -0.05) is 30.6 Å². The van der Waals surface area contributed by atoms with Gasteiger partial charge in [-0.3, -0.25) is 4.79 Å². The first-order valence-electron chi connectivity index (χ1n) is 7.16. The minimum Gasteiger partial charge on any atom is -0.409 e. The lowest BCUT2D eigenvalue weighted by Crippen LogP contribution is -2.38. The van der Waals surface area contributed by atoms with Gasteiger partial charge in [-0.2, -0.15) is 11.8 Å². The molecule has 1 aromatic carbocycles. The highest BCUT2D eigenvalue weighted by Gasteiger charge is 2.28. The second-order valence-corrected chi connectivity index (χ2v) is 6.58. The van der Waals surface area contributed by atoms with Gasteiger partial charge in [0.2, 0.25) is 0 Å². The molecule has 4 N–H and O–H groups in total. The van der Waals surface area contributed by atoms with E-state index in [1.54, 1.807) is 24.3 Å². The van der Waals surface area contributed by atoms with Crippen LogP contribution in [0.1, 0.15) is 42.1 Å². The normalized spacial score (nSPS) is 22.2. The Hall–Kier alpha value is -1.69. The van der Waals surface area contributed by atoms with E-state index in [4.69, 9.17) is 10.9 Å². The van der Waals surface area contributed by atoms with Crippen molar-refractivity contribution in [3.63, 3.8) is 0 Å². The number of hydrogen-bond donors (Lipinski definition) is 3. The highest BCUT2D eigenvalue weighted by Crippen LogP contribution is 2.30. The molecule has 0 aromatic heterocycles. The molecule has 2 atom stereocenters. The summed E-state index contributed by atoms with van der Waals surface area (Å²) in [5.41, 5.74) is 6.69. The molecule has 1 saturated carbocycles. The van der Waals surface area contributed by atoms with Crippen molar-refractivity contribution in [2.45, 2.75) is 37.5 Å². The van der Waals surface area contributed by atoms with Crippen LogP contribution in [-0.4, -0.2) is 34.0 Å². The third kappa shape index (κ3) is 3.91. The van der Waals surface area contributed by atoms with Crippen LogP contribution in [0.3, 0.4) is 0 Å². The molecular formula is C15H21N3O2S. The molecule has 0 heterocycles. The summed E-state index contributed by atoms with van der Waals surface area (Å²) in [6, 6.07) is 7.00. The van der Waals surface area contributed by atoms with E-state index >= 15 is 0 Å². The highest BCUT2D eigenvalue weighted by molar-refractivity contribution is 7.99. The van der Waals surface area contributed by atoms with Crippen molar-refractivity contribution in [1.82, 2.24) is 5.32 Å². The van der Waals surface area contributed by atoms with Gasteiger partial charge >= 0.3 is 0 Å². The number of nitrogens with zero attached hydrogens (tertiary/aromatic N) is 1. The third-order valence-corrected chi connectivity index (χ3v) is 5.03. The predicted molar refractivity (Wildman–Crippen MR) is 86.0 cm³/mol. The Labute approximate surface area is 129 Å². The fourth-order valence-electron chi connectivity index (χ4n) is 2.61. The average molecular weight is 307 g/mol. The first kappa shape index (κ1) is 15.7. The van der Waals surface area contributed by atoms with Gasteiger partial charge in [0.25, 0.3) is 5.91 Å². The minimum atomic E-state index is -0.0605.